The zero-order valence-electron chi connectivity index (χ0n) is 7.68. The van der Waals surface area contributed by atoms with Crippen LogP contribution in [0, 0.1) is 0 Å². The minimum absolute atomic E-state index is 0.719. The summed E-state index contributed by atoms with van der Waals surface area (Å²) in [6, 6.07) is 8.09. The first-order chi connectivity index (χ1) is 6.86. The van der Waals surface area contributed by atoms with Crippen molar-refractivity contribution < 1.29 is 5.11 Å². The van der Waals surface area contributed by atoms with Gasteiger partial charge in [0, 0.05) is 11.4 Å². The van der Waals surface area contributed by atoms with Crippen molar-refractivity contribution in [3.05, 3.63) is 48.2 Å². The average molecular weight is 205 g/mol. The number of aliphatic hydroxyl groups is 1. The van der Waals surface area contributed by atoms with Gasteiger partial charge in [0.25, 0.3) is 0 Å². The second-order valence-electron chi connectivity index (χ2n) is 2.94. The minimum atomic E-state index is 0.719. The maximum Gasteiger partial charge on any atom is 0.115 e. The third kappa shape index (κ3) is 1.40. The molecule has 0 radical (unpaired) electrons. The molecule has 0 unspecified atom stereocenters. The van der Waals surface area contributed by atoms with E-state index in [9.17, 15) is 0 Å². The molecule has 0 saturated carbocycles. The maximum absolute atomic E-state index is 9.08. The number of hydrogen-bond donors (Lipinski definition) is 1. The number of fused-ring (bicyclic) bond motifs is 1. The van der Waals surface area contributed by atoms with Crippen LogP contribution < -0.4 is 4.90 Å². The van der Waals surface area contributed by atoms with Crippen LogP contribution in [0.1, 0.15) is 0 Å². The van der Waals surface area contributed by atoms with E-state index < -0.39 is 0 Å². The van der Waals surface area contributed by atoms with Crippen molar-refractivity contribution in [2.75, 3.05) is 11.4 Å². The Balaban J connectivity index is 2.42. The first-order valence-corrected chi connectivity index (χ1v) is 5.18. The number of rotatable bonds is 2. The van der Waals surface area contributed by atoms with Gasteiger partial charge in [0.1, 0.15) is 11.3 Å². The summed E-state index contributed by atoms with van der Waals surface area (Å²) in [6.45, 7) is 4.42. The van der Waals surface area contributed by atoms with E-state index in [0.717, 1.165) is 23.5 Å². The van der Waals surface area contributed by atoms with Gasteiger partial charge in [-0.3, -0.25) is 0 Å². The molecule has 0 aromatic heterocycles. The summed E-state index contributed by atoms with van der Waals surface area (Å²) >= 11 is 1.57. The Morgan fingerprint density at radius 2 is 2.21 bits per heavy atom. The van der Waals surface area contributed by atoms with Crippen LogP contribution in [0.3, 0.4) is 0 Å². The molecular weight excluding hydrogens is 194 g/mol. The van der Waals surface area contributed by atoms with Gasteiger partial charge in [0.05, 0.1) is 5.69 Å². The smallest absolute Gasteiger partial charge is 0.115 e. The topological polar surface area (TPSA) is 23.5 Å². The lowest BCUT2D eigenvalue weighted by Crippen LogP contribution is -2.16. The lowest BCUT2D eigenvalue weighted by molar-refractivity contribution is 0.470. The van der Waals surface area contributed by atoms with Gasteiger partial charge in [-0.05, 0) is 12.1 Å². The van der Waals surface area contributed by atoms with Crippen molar-refractivity contribution in [2.45, 2.75) is 4.90 Å². The van der Waals surface area contributed by atoms with E-state index in [1.165, 1.54) is 4.90 Å². The molecule has 2 nitrogen and oxygen atoms in total. The quantitative estimate of drug-likeness (QED) is 0.592. The zero-order valence-corrected chi connectivity index (χ0v) is 8.50. The fraction of sp³-hybridized carbons (Fsp3) is 0.0909. The molecule has 1 N–H and O–H groups in total. The molecular formula is C11H11NOS. The molecule has 0 bridgehead atoms. The van der Waals surface area contributed by atoms with E-state index >= 15 is 0 Å². The molecule has 72 valence electrons. The van der Waals surface area contributed by atoms with Gasteiger partial charge in [0.2, 0.25) is 0 Å². The highest BCUT2D eigenvalue weighted by molar-refractivity contribution is 8.03. The first-order valence-electron chi connectivity index (χ1n) is 4.36. The van der Waals surface area contributed by atoms with Crippen LogP contribution in [0.15, 0.2) is 53.1 Å². The molecule has 0 aliphatic carbocycles. The number of benzene rings is 1. The van der Waals surface area contributed by atoms with Gasteiger partial charge >= 0.3 is 0 Å². The molecule has 2 rings (SSSR count). The molecule has 1 aromatic rings. The highest BCUT2D eigenvalue weighted by Crippen LogP contribution is 2.45. The predicted molar refractivity (Wildman–Crippen MR) is 60.6 cm³/mol. The van der Waals surface area contributed by atoms with E-state index in [1.807, 2.05) is 35.2 Å². The van der Waals surface area contributed by atoms with Gasteiger partial charge in [-0.25, -0.2) is 0 Å². The number of hydrogen-bond acceptors (Lipinski definition) is 3. The van der Waals surface area contributed by atoms with Crippen molar-refractivity contribution in [3.8, 4) is 0 Å². The molecule has 1 heterocycles. The second kappa shape index (κ2) is 3.80. The van der Waals surface area contributed by atoms with Crippen LogP contribution in [0.2, 0.25) is 0 Å². The highest BCUT2D eigenvalue weighted by Gasteiger charge is 2.23. The molecule has 0 amide bonds. The van der Waals surface area contributed by atoms with Gasteiger partial charge < -0.3 is 10.0 Å². The van der Waals surface area contributed by atoms with Gasteiger partial charge in [0.15, 0.2) is 0 Å². The molecule has 0 atom stereocenters. The molecule has 0 fully saturated rings. The average Bonchev–Trinajstić information content (AvgIpc) is 2.58. The Labute approximate surface area is 87.5 Å². The maximum atomic E-state index is 9.08. The molecule has 1 aromatic carbocycles. The fourth-order valence-corrected chi connectivity index (χ4v) is 2.46. The summed E-state index contributed by atoms with van der Waals surface area (Å²) < 4.78 is 0. The van der Waals surface area contributed by atoms with Crippen molar-refractivity contribution in [2.24, 2.45) is 0 Å². The normalized spacial score (nSPS) is 17.1. The number of aliphatic hydroxyl groups excluding tert-OH is 1. The predicted octanol–water partition coefficient (Wildman–Crippen LogP) is 3.14. The van der Waals surface area contributed by atoms with E-state index in [4.69, 9.17) is 5.11 Å². The van der Waals surface area contributed by atoms with Crippen molar-refractivity contribution in [3.63, 3.8) is 0 Å². The van der Waals surface area contributed by atoms with Crippen molar-refractivity contribution >= 4 is 17.4 Å². The number of anilines is 1. The Morgan fingerprint density at radius 1 is 1.43 bits per heavy atom. The van der Waals surface area contributed by atoms with Crippen LogP contribution in [0.25, 0.3) is 0 Å². The molecule has 3 heteroatoms. The molecule has 0 spiro atoms. The van der Waals surface area contributed by atoms with E-state index in [-0.39, 0.29) is 0 Å². The lowest BCUT2D eigenvalue weighted by Gasteiger charge is -2.16. The Kier molecular flexibility index (Phi) is 2.50. The van der Waals surface area contributed by atoms with Gasteiger partial charge in [-0.2, -0.15) is 0 Å². The van der Waals surface area contributed by atoms with E-state index in [2.05, 4.69) is 6.58 Å². The number of para-hydroxylation sites is 1. The zero-order chi connectivity index (χ0) is 9.97. The summed E-state index contributed by atoms with van der Waals surface area (Å²) in [7, 11) is 0. The molecule has 1 aliphatic rings. The second-order valence-corrected chi connectivity index (χ2v) is 4.00. The van der Waals surface area contributed by atoms with Crippen molar-refractivity contribution in [1.29, 1.82) is 0 Å². The summed E-state index contributed by atoms with van der Waals surface area (Å²) in [5.41, 5.74) is 1.14. The molecule has 1 aliphatic heterocycles. The summed E-state index contributed by atoms with van der Waals surface area (Å²) in [5, 5.41) is 9.93. The Morgan fingerprint density at radius 3 is 2.93 bits per heavy atom. The van der Waals surface area contributed by atoms with Crippen LogP contribution >= 0.6 is 11.8 Å². The van der Waals surface area contributed by atoms with E-state index in [1.54, 1.807) is 11.8 Å². The third-order valence-electron chi connectivity index (χ3n) is 2.06. The monoisotopic (exact) mass is 205 g/mol. The number of thioether (sulfide) groups is 1. The fourth-order valence-electron chi connectivity index (χ4n) is 1.47. The largest absolute Gasteiger partial charge is 0.513 e. The number of nitrogens with zero attached hydrogens (tertiary/aromatic N) is 1. The standard InChI is InChI=1S/C11H11NOS/c1-2-7-12-9-5-3-4-6-10(9)14-11(12)8-13/h2-6,8,13H,1,7H2/b11-8-. The summed E-state index contributed by atoms with van der Waals surface area (Å²) in [4.78, 5) is 3.21. The van der Waals surface area contributed by atoms with Gasteiger partial charge in [-0.15, -0.1) is 6.58 Å². The molecule has 0 saturated heterocycles. The lowest BCUT2D eigenvalue weighted by atomic mass is 10.3. The third-order valence-corrected chi connectivity index (χ3v) is 3.16. The van der Waals surface area contributed by atoms with Crippen LogP contribution in [-0.2, 0) is 0 Å². The van der Waals surface area contributed by atoms with Crippen molar-refractivity contribution in [1.82, 2.24) is 0 Å². The summed E-state index contributed by atoms with van der Waals surface area (Å²) in [5.74, 6) is 0. The summed E-state index contributed by atoms with van der Waals surface area (Å²) in [6.07, 6.45) is 2.97. The van der Waals surface area contributed by atoms with Crippen LogP contribution in [0.4, 0.5) is 5.69 Å². The first kappa shape index (κ1) is 9.21. The van der Waals surface area contributed by atoms with Gasteiger partial charge in [-0.1, -0.05) is 30.0 Å². The SMILES string of the molecule is C=CCN1/C(=C/O)Sc2ccccc21. The van der Waals surface area contributed by atoms with E-state index in [0.29, 0.717) is 0 Å². The minimum Gasteiger partial charge on any atom is -0.513 e. The Hall–Kier alpha value is -1.35. The highest BCUT2D eigenvalue weighted by atomic mass is 32.2. The van der Waals surface area contributed by atoms with Crippen LogP contribution in [-0.4, -0.2) is 11.7 Å². The Bertz CT molecular complexity index is 387. The van der Waals surface area contributed by atoms with Crippen LogP contribution in [0.5, 0.6) is 0 Å². The molecule has 14 heavy (non-hydrogen) atoms.